The molecule has 1 aliphatic carbocycles. The third-order valence-electron chi connectivity index (χ3n) is 5.74. The number of nitrogens with one attached hydrogen (secondary N) is 2. The van der Waals surface area contributed by atoms with E-state index >= 15 is 0 Å². The van der Waals surface area contributed by atoms with Crippen LogP contribution >= 0.6 is 0 Å². The van der Waals surface area contributed by atoms with E-state index < -0.39 is 45.1 Å². The number of ketones is 1. The molecule has 8 nitrogen and oxygen atoms in total. The lowest BCUT2D eigenvalue weighted by atomic mass is 9.86. The lowest BCUT2D eigenvalue weighted by Gasteiger charge is -2.30. The fraction of sp³-hybridized carbons (Fsp3) is 0.370. The van der Waals surface area contributed by atoms with E-state index in [1.54, 1.807) is 20.8 Å². The molecule has 2 aromatic carbocycles. The molecule has 1 amide bonds. The molecule has 0 saturated heterocycles. The Balaban J connectivity index is 2.23. The predicted molar refractivity (Wildman–Crippen MR) is 137 cm³/mol. The SMILES string of the molecule is CC(C)(C)OC(=O)NC(C1=C(Nc2cccc(C(F)(F)F)c2)CCCC1=O)c1ccc(C#N)cc1S(C)(=O)=O. The Hall–Kier alpha value is -3.85. The van der Waals surface area contributed by atoms with Crippen molar-refractivity contribution in [3.05, 3.63) is 70.4 Å². The van der Waals surface area contributed by atoms with E-state index in [2.05, 4.69) is 10.6 Å². The number of hydrogen-bond acceptors (Lipinski definition) is 7. The first-order chi connectivity index (χ1) is 18.0. The second kappa shape index (κ2) is 11.1. The second-order valence-corrected chi connectivity index (χ2v) is 12.1. The third kappa shape index (κ3) is 7.60. The summed E-state index contributed by atoms with van der Waals surface area (Å²) in [5.74, 6) is -0.430. The van der Waals surface area contributed by atoms with Gasteiger partial charge in [-0.2, -0.15) is 18.4 Å². The number of hydrogen-bond donors (Lipinski definition) is 2. The second-order valence-electron chi connectivity index (χ2n) is 10.1. The van der Waals surface area contributed by atoms with Crippen molar-refractivity contribution in [1.82, 2.24) is 5.32 Å². The molecule has 208 valence electrons. The number of amides is 1. The standard InChI is InChI=1S/C27H28F3N3O5S/c1-26(2,3)38-25(35)33-24(19-12-11-16(15-31)13-22(19)39(4,36)37)23-20(9-6-10-21(23)34)32-18-8-5-7-17(14-18)27(28,29)30/h5,7-8,11-14,24,32H,6,9-10H2,1-4H3,(H,33,35). The number of alkyl halides is 3. The summed E-state index contributed by atoms with van der Waals surface area (Å²) >= 11 is 0. The van der Waals surface area contributed by atoms with E-state index in [1.165, 1.54) is 24.3 Å². The molecule has 1 unspecified atom stereocenters. The highest BCUT2D eigenvalue weighted by atomic mass is 32.2. The lowest BCUT2D eigenvalue weighted by Crippen LogP contribution is -2.38. The number of Topliss-reactive ketones (excluding diaryl/α,β-unsaturated/α-hetero) is 1. The van der Waals surface area contributed by atoms with Gasteiger partial charge in [0.15, 0.2) is 15.6 Å². The summed E-state index contributed by atoms with van der Waals surface area (Å²) < 4.78 is 70.7. The number of carbonyl (C=O) groups excluding carboxylic acids is 2. The van der Waals surface area contributed by atoms with Gasteiger partial charge in [-0.05, 0) is 69.5 Å². The number of halogens is 3. The van der Waals surface area contributed by atoms with Crippen LogP contribution in [0.25, 0.3) is 0 Å². The minimum Gasteiger partial charge on any atom is -0.444 e. The van der Waals surface area contributed by atoms with Crippen LogP contribution in [0.2, 0.25) is 0 Å². The smallest absolute Gasteiger partial charge is 0.416 e. The van der Waals surface area contributed by atoms with E-state index in [4.69, 9.17) is 4.74 Å². The van der Waals surface area contributed by atoms with Gasteiger partial charge in [-0.15, -0.1) is 0 Å². The number of allylic oxidation sites excluding steroid dienone is 1. The predicted octanol–water partition coefficient (Wildman–Crippen LogP) is 5.67. The Morgan fingerprint density at radius 2 is 1.79 bits per heavy atom. The fourth-order valence-corrected chi connectivity index (χ4v) is 5.13. The number of anilines is 1. The van der Waals surface area contributed by atoms with E-state index in [1.807, 2.05) is 6.07 Å². The van der Waals surface area contributed by atoms with E-state index in [0.29, 0.717) is 6.42 Å². The summed E-state index contributed by atoms with van der Waals surface area (Å²) in [5, 5.41) is 14.8. The summed E-state index contributed by atoms with van der Waals surface area (Å²) in [6, 6.07) is 8.76. The lowest BCUT2D eigenvalue weighted by molar-refractivity contribution is -0.137. The summed E-state index contributed by atoms with van der Waals surface area (Å²) in [6.45, 7) is 4.87. The number of sulfone groups is 1. The molecule has 0 saturated carbocycles. The highest BCUT2D eigenvalue weighted by molar-refractivity contribution is 7.90. The van der Waals surface area contributed by atoms with Crippen molar-refractivity contribution in [3.8, 4) is 6.07 Å². The molecule has 0 radical (unpaired) electrons. The summed E-state index contributed by atoms with van der Waals surface area (Å²) in [5.41, 5.74) is -1.49. The first-order valence-electron chi connectivity index (χ1n) is 11.9. The number of nitrogens with zero attached hydrogens (tertiary/aromatic N) is 1. The summed E-state index contributed by atoms with van der Waals surface area (Å²) in [7, 11) is -3.96. The van der Waals surface area contributed by atoms with Crippen molar-refractivity contribution in [1.29, 1.82) is 5.26 Å². The first kappa shape index (κ1) is 29.7. The molecule has 39 heavy (non-hydrogen) atoms. The van der Waals surface area contributed by atoms with Crippen LogP contribution < -0.4 is 10.6 Å². The zero-order chi connectivity index (χ0) is 29.2. The van der Waals surface area contributed by atoms with Crippen LogP contribution in [0, 0.1) is 11.3 Å². The van der Waals surface area contributed by atoms with E-state index in [0.717, 1.165) is 24.5 Å². The number of carbonyl (C=O) groups is 2. The molecule has 0 fully saturated rings. The molecular formula is C27H28F3N3O5S. The average Bonchev–Trinajstić information content (AvgIpc) is 2.81. The molecule has 0 aromatic heterocycles. The minimum absolute atomic E-state index is 0.0101. The van der Waals surface area contributed by atoms with Gasteiger partial charge in [-0.1, -0.05) is 12.1 Å². The van der Waals surface area contributed by atoms with Gasteiger partial charge in [0.2, 0.25) is 0 Å². The molecule has 1 aliphatic rings. The molecule has 2 aromatic rings. The van der Waals surface area contributed by atoms with Crippen molar-refractivity contribution in [2.24, 2.45) is 0 Å². The van der Waals surface area contributed by atoms with Gasteiger partial charge in [-0.3, -0.25) is 4.79 Å². The van der Waals surface area contributed by atoms with Crippen LogP contribution in [0.5, 0.6) is 0 Å². The summed E-state index contributed by atoms with van der Waals surface area (Å²) in [4.78, 5) is 25.9. The van der Waals surface area contributed by atoms with Gasteiger partial charge < -0.3 is 15.4 Å². The van der Waals surface area contributed by atoms with Crippen molar-refractivity contribution < 1.29 is 35.9 Å². The van der Waals surface area contributed by atoms with Gasteiger partial charge in [0.05, 0.1) is 28.1 Å². The number of alkyl carbamates (subject to hydrolysis) is 1. The van der Waals surface area contributed by atoms with Crippen molar-refractivity contribution in [3.63, 3.8) is 0 Å². The minimum atomic E-state index is -4.59. The Morgan fingerprint density at radius 1 is 1.10 bits per heavy atom. The highest BCUT2D eigenvalue weighted by Gasteiger charge is 2.35. The molecule has 0 aliphatic heterocycles. The molecule has 0 heterocycles. The van der Waals surface area contributed by atoms with Crippen LogP contribution in [-0.4, -0.2) is 32.2 Å². The third-order valence-corrected chi connectivity index (χ3v) is 6.90. The molecule has 0 bridgehead atoms. The average molecular weight is 564 g/mol. The van der Waals surface area contributed by atoms with Gasteiger partial charge in [0, 0.05) is 29.6 Å². The van der Waals surface area contributed by atoms with Crippen molar-refractivity contribution in [2.45, 2.75) is 62.7 Å². The van der Waals surface area contributed by atoms with Crippen molar-refractivity contribution >= 4 is 27.4 Å². The van der Waals surface area contributed by atoms with Crippen molar-refractivity contribution in [2.75, 3.05) is 11.6 Å². The molecule has 1 atom stereocenters. The molecular weight excluding hydrogens is 535 g/mol. The van der Waals surface area contributed by atoms with Gasteiger partial charge in [0.25, 0.3) is 0 Å². The largest absolute Gasteiger partial charge is 0.444 e. The van der Waals surface area contributed by atoms with Gasteiger partial charge in [-0.25, -0.2) is 13.2 Å². The molecule has 2 N–H and O–H groups in total. The van der Waals surface area contributed by atoms with Gasteiger partial charge >= 0.3 is 12.3 Å². The fourth-order valence-electron chi connectivity index (χ4n) is 4.17. The maximum atomic E-state index is 13.3. The van der Waals surface area contributed by atoms with Gasteiger partial charge in [0.1, 0.15) is 5.60 Å². The molecule has 3 rings (SSSR count). The molecule has 0 spiro atoms. The number of nitriles is 1. The Labute approximate surface area is 224 Å². The maximum Gasteiger partial charge on any atom is 0.416 e. The Kier molecular flexibility index (Phi) is 8.45. The first-order valence-corrected chi connectivity index (χ1v) is 13.8. The van der Waals surface area contributed by atoms with Crippen LogP contribution in [0.15, 0.2) is 58.6 Å². The van der Waals surface area contributed by atoms with Crippen LogP contribution in [0.3, 0.4) is 0 Å². The Bertz CT molecular complexity index is 1470. The van der Waals surface area contributed by atoms with Crippen LogP contribution in [0.1, 0.15) is 62.8 Å². The zero-order valence-electron chi connectivity index (χ0n) is 21.8. The highest BCUT2D eigenvalue weighted by Crippen LogP contribution is 2.37. The van der Waals surface area contributed by atoms with E-state index in [9.17, 15) is 36.4 Å². The molecule has 12 heteroatoms. The van der Waals surface area contributed by atoms with Crippen LogP contribution in [-0.2, 0) is 25.5 Å². The van der Waals surface area contributed by atoms with E-state index in [-0.39, 0.29) is 45.8 Å². The summed E-state index contributed by atoms with van der Waals surface area (Å²) in [6.07, 6.45) is -3.91. The number of benzene rings is 2. The Morgan fingerprint density at radius 3 is 2.38 bits per heavy atom. The quantitative estimate of drug-likeness (QED) is 0.464. The monoisotopic (exact) mass is 563 g/mol. The van der Waals surface area contributed by atoms with Crippen LogP contribution in [0.4, 0.5) is 23.7 Å². The topological polar surface area (TPSA) is 125 Å². The zero-order valence-corrected chi connectivity index (χ0v) is 22.6. The normalized spacial score (nSPS) is 15.4. The maximum absolute atomic E-state index is 13.3. The number of rotatable bonds is 6. The number of ether oxygens (including phenoxy) is 1.